The summed E-state index contributed by atoms with van der Waals surface area (Å²) in [6.45, 7) is 4.68. The van der Waals surface area contributed by atoms with E-state index < -0.39 is 17.7 Å². The second kappa shape index (κ2) is 5.62. The first-order valence-corrected chi connectivity index (χ1v) is 7.46. The molecule has 0 spiro atoms. The van der Waals surface area contributed by atoms with Gasteiger partial charge in [0.1, 0.15) is 5.82 Å². The van der Waals surface area contributed by atoms with Gasteiger partial charge < -0.3 is 14.8 Å². The number of carbonyl (C=O) groups excluding carboxylic acids is 1. The van der Waals surface area contributed by atoms with Crippen LogP contribution in [0.4, 0.5) is 0 Å². The summed E-state index contributed by atoms with van der Waals surface area (Å²) in [5, 5.41) is 11.0. The van der Waals surface area contributed by atoms with E-state index >= 15 is 0 Å². The number of fused-ring (bicyclic) bond motifs is 3. The minimum Gasteiger partial charge on any atom is -0.454 e. The monoisotopic (exact) mass is 313 g/mol. The topological polar surface area (TPSA) is 88.1 Å². The first-order valence-electron chi connectivity index (χ1n) is 7.46. The lowest BCUT2D eigenvalue weighted by Gasteiger charge is -2.23. The Labute approximate surface area is 133 Å². The van der Waals surface area contributed by atoms with Crippen molar-refractivity contribution in [2.75, 3.05) is 0 Å². The van der Waals surface area contributed by atoms with Crippen LogP contribution in [-0.4, -0.2) is 31.6 Å². The molecule has 6 nitrogen and oxygen atoms in total. The average molecular weight is 313 g/mol. The number of para-hydroxylation sites is 1. The van der Waals surface area contributed by atoms with Crippen LogP contribution in [0.1, 0.15) is 39.1 Å². The van der Waals surface area contributed by atoms with Crippen LogP contribution in [0.3, 0.4) is 0 Å². The number of nitrogens with zero attached hydrogens (tertiary/aromatic N) is 2. The molecule has 1 unspecified atom stereocenters. The maximum atomic E-state index is 11.4. The van der Waals surface area contributed by atoms with Gasteiger partial charge >= 0.3 is 5.97 Å². The van der Waals surface area contributed by atoms with E-state index in [0.717, 1.165) is 21.9 Å². The fourth-order valence-corrected chi connectivity index (χ4v) is 2.63. The number of esters is 1. The fourth-order valence-electron chi connectivity index (χ4n) is 2.63. The van der Waals surface area contributed by atoms with Crippen molar-refractivity contribution in [1.82, 2.24) is 15.0 Å². The molecule has 2 aromatic heterocycles. The Morgan fingerprint density at radius 3 is 2.83 bits per heavy atom. The van der Waals surface area contributed by atoms with E-state index in [0.29, 0.717) is 5.82 Å². The molecule has 23 heavy (non-hydrogen) atoms. The number of pyridine rings is 1. The van der Waals surface area contributed by atoms with Gasteiger partial charge in [0.05, 0.1) is 28.3 Å². The molecule has 3 aromatic rings. The maximum absolute atomic E-state index is 11.4. The van der Waals surface area contributed by atoms with Gasteiger partial charge in [-0.15, -0.1) is 0 Å². The molecular formula is C17H19N3O3. The number of aromatic amines is 1. The zero-order valence-corrected chi connectivity index (χ0v) is 13.3. The molecule has 1 atom stereocenters. The van der Waals surface area contributed by atoms with Gasteiger partial charge in [0.2, 0.25) is 0 Å². The molecule has 0 saturated carbocycles. The Morgan fingerprint density at radius 2 is 2.13 bits per heavy atom. The van der Waals surface area contributed by atoms with Crippen LogP contribution >= 0.6 is 0 Å². The van der Waals surface area contributed by atoms with E-state index in [4.69, 9.17) is 4.74 Å². The quantitative estimate of drug-likeness (QED) is 0.723. The van der Waals surface area contributed by atoms with Gasteiger partial charge in [0.15, 0.2) is 6.10 Å². The van der Waals surface area contributed by atoms with Crippen LogP contribution in [0.5, 0.6) is 0 Å². The molecule has 2 N–H and O–H groups in total. The molecule has 0 aliphatic rings. The second-order valence-electron chi connectivity index (χ2n) is 6.27. The highest BCUT2D eigenvalue weighted by molar-refractivity contribution is 6.01. The van der Waals surface area contributed by atoms with Crippen molar-refractivity contribution in [1.29, 1.82) is 0 Å². The van der Waals surface area contributed by atoms with Crippen LogP contribution < -0.4 is 0 Å². The number of hydrogen-bond donors (Lipinski definition) is 2. The number of benzene rings is 1. The van der Waals surface area contributed by atoms with Crippen LogP contribution in [0.2, 0.25) is 0 Å². The van der Waals surface area contributed by atoms with Crippen molar-refractivity contribution in [3.63, 3.8) is 0 Å². The van der Waals surface area contributed by atoms with Crippen molar-refractivity contribution in [2.45, 2.75) is 38.9 Å². The van der Waals surface area contributed by atoms with Crippen molar-refractivity contribution in [3.8, 4) is 0 Å². The summed E-state index contributed by atoms with van der Waals surface area (Å²) in [7, 11) is 0. The summed E-state index contributed by atoms with van der Waals surface area (Å²) in [4.78, 5) is 23.5. The number of carbonyl (C=O) groups is 1. The van der Waals surface area contributed by atoms with E-state index in [1.54, 1.807) is 20.0 Å². The SMILES string of the molecule is CC(=O)OC(CC(C)(C)O)c1nc2c(cnc3ccccc32)[nH]1. The molecule has 0 bridgehead atoms. The minimum absolute atomic E-state index is 0.248. The highest BCUT2D eigenvalue weighted by Crippen LogP contribution is 2.29. The summed E-state index contributed by atoms with van der Waals surface area (Å²) in [6, 6.07) is 7.72. The van der Waals surface area contributed by atoms with Crippen molar-refractivity contribution in [3.05, 3.63) is 36.3 Å². The third kappa shape index (κ3) is 3.32. The molecule has 3 rings (SSSR count). The number of aromatic nitrogens is 3. The number of rotatable bonds is 4. The van der Waals surface area contributed by atoms with Crippen LogP contribution in [0, 0.1) is 0 Å². The molecule has 1 aromatic carbocycles. The Morgan fingerprint density at radius 1 is 1.39 bits per heavy atom. The van der Waals surface area contributed by atoms with Gasteiger partial charge in [0, 0.05) is 18.7 Å². The van der Waals surface area contributed by atoms with E-state index in [1.807, 2.05) is 24.3 Å². The Bertz CT molecular complexity index is 864. The molecular weight excluding hydrogens is 294 g/mol. The third-order valence-electron chi connectivity index (χ3n) is 3.54. The predicted molar refractivity (Wildman–Crippen MR) is 86.8 cm³/mol. The number of imidazole rings is 1. The van der Waals surface area contributed by atoms with Gasteiger partial charge in [-0.2, -0.15) is 0 Å². The lowest BCUT2D eigenvalue weighted by Crippen LogP contribution is -2.25. The summed E-state index contributed by atoms with van der Waals surface area (Å²) in [6.07, 6.45) is 1.32. The number of aliphatic hydroxyl groups is 1. The van der Waals surface area contributed by atoms with Crippen LogP contribution in [0.25, 0.3) is 21.9 Å². The molecule has 120 valence electrons. The smallest absolute Gasteiger partial charge is 0.303 e. The molecule has 0 aliphatic carbocycles. The molecule has 6 heteroatoms. The minimum atomic E-state index is -0.987. The fraction of sp³-hybridized carbons (Fsp3) is 0.353. The van der Waals surface area contributed by atoms with Gasteiger partial charge in [-0.3, -0.25) is 9.78 Å². The lowest BCUT2D eigenvalue weighted by molar-refractivity contribution is -0.149. The second-order valence-corrected chi connectivity index (χ2v) is 6.27. The molecule has 0 radical (unpaired) electrons. The normalized spacial score (nSPS) is 13.4. The summed E-state index contributed by atoms with van der Waals surface area (Å²) >= 11 is 0. The van der Waals surface area contributed by atoms with Gasteiger partial charge in [-0.05, 0) is 19.9 Å². The first kappa shape index (κ1) is 15.4. The molecule has 2 heterocycles. The Balaban J connectivity index is 2.09. The largest absolute Gasteiger partial charge is 0.454 e. The standard InChI is InChI=1S/C17H19N3O3/c1-10(21)23-14(8-17(2,3)22)16-19-13-9-18-12-7-5-4-6-11(12)15(13)20-16/h4-7,9,14,22H,8H2,1-3H3,(H,19,20). The number of ether oxygens (including phenoxy) is 1. The van der Waals surface area contributed by atoms with Gasteiger partial charge in [0.25, 0.3) is 0 Å². The molecule has 0 fully saturated rings. The number of H-pyrrole nitrogens is 1. The Hall–Kier alpha value is -2.47. The van der Waals surface area contributed by atoms with Crippen molar-refractivity contribution < 1.29 is 14.6 Å². The van der Waals surface area contributed by atoms with E-state index in [-0.39, 0.29) is 6.42 Å². The highest BCUT2D eigenvalue weighted by atomic mass is 16.5. The van der Waals surface area contributed by atoms with E-state index in [1.165, 1.54) is 6.92 Å². The number of nitrogens with one attached hydrogen (secondary N) is 1. The van der Waals surface area contributed by atoms with Gasteiger partial charge in [-0.1, -0.05) is 18.2 Å². The Kier molecular flexibility index (Phi) is 3.77. The molecule has 0 aliphatic heterocycles. The maximum Gasteiger partial charge on any atom is 0.303 e. The zero-order chi connectivity index (χ0) is 16.6. The number of hydrogen-bond acceptors (Lipinski definition) is 5. The molecule has 0 amide bonds. The highest BCUT2D eigenvalue weighted by Gasteiger charge is 2.27. The van der Waals surface area contributed by atoms with Crippen LogP contribution in [-0.2, 0) is 9.53 Å². The zero-order valence-electron chi connectivity index (χ0n) is 13.3. The van der Waals surface area contributed by atoms with Crippen LogP contribution in [0.15, 0.2) is 30.5 Å². The lowest BCUT2D eigenvalue weighted by atomic mass is 10.0. The third-order valence-corrected chi connectivity index (χ3v) is 3.54. The van der Waals surface area contributed by atoms with Crippen molar-refractivity contribution in [2.24, 2.45) is 0 Å². The molecule has 0 saturated heterocycles. The summed E-state index contributed by atoms with van der Waals surface area (Å²) in [5.74, 6) is 0.0955. The summed E-state index contributed by atoms with van der Waals surface area (Å²) in [5.41, 5.74) is 1.41. The van der Waals surface area contributed by atoms with E-state index in [9.17, 15) is 9.90 Å². The van der Waals surface area contributed by atoms with Crippen molar-refractivity contribution >= 4 is 27.9 Å². The average Bonchev–Trinajstić information content (AvgIpc) is 2.89. The first-order chi connectivity index (χ1) is 10.8. The van der Waals surface area contributed by atoms with E-state index in [2.05, 4.69) is 15.0 Å². The van der Waals surface area contributed by atoms with Gasteiger partial charge in [-0.25, -0.2) is 4.98 Å². The predicted octanol–water partition coefficient (Wildman–Crippen LogP) is 2.88. The summed E-state index contributed by atoms with van der Waals surface area (Å²) < 4.78 is 5.34.